The molecule has 0 bridgehead atoms. The van der Waals surface area contributed by atoms with E-state index in [0.717, 1.165) is 0 Å². The lowest BCUT2D eigenvalue weighted by Gasteiger charge is -2.16. The average molecular weight is 271 g/mol. The maximum Gasteiger partial charge on any atom is 0.320 e. The largest absolute Gasteiger partial charge is 0.493 e. The lowest BCUT2D eigenvalue weighted by Crippen LogP contribution is -2.32. The van der Waals surface area contributed by atoms with Gasteiger partial charge < -0.3 is 20.3 Å². The van der Waals surface area contributed by atoms with Crippen LogP contribution in [0, 0.1) is 5.82 Å². The van der Waals surface area contributed by atoms with Gasteiger partial charge in [0.05, 0.1) is 13.2 Å². The van der Waals surface area contributed by atoms with Gasteiger partial charge in [0.15, 0.2) is 11.5 Å². The Hall–Kier alpha value is -1.82. The highest BCUT2D eigenvalue weighted by Crippen LogP contribution is 2.31. The van der Waals surface area contributed by atoms with E-state index in [2.05, 4.69) is 0 Å². The molecular weight excluding hydrogens is 253 g/mol. The molecular formula is C13H18FNO4. The monoisotopic (exact) mass is 271 g/mol. The van der Waals surface area contributed by atoms with Crippen molar-refractivity contribution in [2.24, 2.45) is 5.73 Å². The van der Waals surface area contributed by atoms with E-state index >= 15 is 0 Å². The van der Waals surface area contributed by atoms with Crippen molar-refractivity contribution < 1.29 is 23.8 Å². The number of benzene rings is 1. The SMILES string of the molecule is COc1cc(F)c(CC(N)C(=O)O)cc1OC(C)C. The van der Waals surface area contributed by atoms with Crippen LogP contribution in [0.5, 0.6) is 11.5 Å². The molecule has 1 unspecified atom stereocenters. The van der Waals surface area contributed by atoms with Crippen LogP contribution in [0.25, 0.3) is 0 Å². The second-order valence-corrected chi connectivity index (χ2v) is 4.41. The van der Waals surface area contributed by atoms with Gasteiger partial charge in [0.1, 0.15) is 11.9 Å². The second kappa shape index (κ2) is 6.38. The van der Waals surface area contributed by atoms with Gasteiger partial charge in [-0.1, -0.05) is 0 Å². The maximum atomic E-state index is 13.8. The molecule has 3 N–H and O–H groups in total. The van der Waals surface area contributed by atoms with E-state index in [4.69, 9.17) is 20.3 Å². The lowest BCUT2D eigenvalue weighted by atomic mass is 10.1. The maximum absolute atomic E-state index is 13.8. The molecule has 0 aliphatic rings. The third kappa shape index (κ3) is 4.10. The van der Waals surface area contributed by atoms with Gasteiger partial charge in [-0.05, 0) is 25.5 Å². The molecule has 0 saturated carbocycles. The van der Waals surface area contributed by atoms with Gasteiger partial charge in [-0.15, -0.1) is 0 Å². The Morgan fingerprint density at radius 2 is 2.05 bits per heavy atom. The zero-order valence-corrected chi connectivity index (χ0v) is 11.1. The molecule has 6 heteroatoms. The molecule has 0 aliphatic carbocycles. The molecule has 0 aliphatic heterocycles. The van der Waals surface area contributed by atoms with Crippen molar-refractivity contribution in [3.05, 3.63) is 23.5 Å². The third-order valence-electron chi connectivity index (χ3n) is 2.45. The minimum atomic E-state index is -1.18. The van der Waals surface area contributed by atoms with E-state index < -0.39 is 17.8 Å². The summed E-state index contributed by atoms with van der Waals surface area (Å²) in [6, 6.07) is 1.44. The van der Waals surface area contributed by atoms with E-state index in [-0.39, 0.29) is 23.8 Å². The Bertz CT molecular complexity index is 462. The fourth-order valence-corrected chi connectivity index (χ4v) is 1.56. The van der Waals surface area contributed by atoms with Gasteiger partial charge in [-0.2, -0.15) is 0 Å². The quantitative estimate of drug-likeness (QED) is 0.820. The summed E-state index contributed by atoms with van der Waals surface area (Å²) in [5.41, 5.74) is 5.59. The Morgan fingerprint density at radius 1 is 1.42 bits per heavy atom. The van der Waals surface area contributed by atoms with Crippen molar-refractivity contribution in [1.82, 2.24) is 0 Å². The fourth-order valence-electron chi connectivity index (χ4n) is 1.56. The first kappa shape index (κ1) is 15.2. The first-order valence-corrected chi connectivity index (χ1v) is 5.86. The molecule has 106 valence electrons. The first-order chi connectivity index (χ1) is 8.85. The van der Waals surface area contributed by atoms with Gasteiger partial charge in [-0.25, -0.2) is 4.39 Å². The molecule has 0 radical (unpaired) electrons. The molecule has 1 rings (SSSR count). The molecule has 0 amide bonds. The summed E-state index contributed by atoms with van der Waals surface area (Å²) < 4.78 is 24.3. The molecule has 0 spiro atoms. The summed E-state index contributed by atoms with van der Waals surface area (Å²) in [4.78, 5) is 10.7. The van der Waals surface area contributed by atoms with Gasteiger partial charge in [0.25, 0.3) is 0 Å². The van der Waals surface area contributed by atoms with Crippen LogP contribution in [0.15, 0.2) is 12.1 Å². The van der Waals surface area contributed by atoms with Crippen molar-refractivity contribution >= 4 is 5.97 Å². The normalized spacial score (nSPS) is 12.3. The molecule has 0 heterocycles. The number of methoxy groups -OCH3 is 1. The number of carboxylic acids is 1. The van der Waals surface area contributed by atoms with Crippen LogP contribution in [0.3, 0.4) is 0 Å². The van der Waals surface area contributed by atoms with Crippen LogP contribution in [-0.2, 0) is 11.2 Å². The number of carbonyl (C=O) groups is 1. The number of halogens is 1. The molecule has 19 heavy (non-hydrogen) atoms. The second-order valence-electron chi connectivity index (χ2n) is 4.41. The summed E-state index contributed by atoms with van der Waals surface area (Å²) in [5, 5.41) is 8.75. The minimum Gasteiger partial charge on any atom is -0.493 e. The average Bonchev–Trinajstić information content (AvgIpc) is 2.31. The van der Waals surface area contributed by atoms with Crippen LogP contribution in [0.1, 0.15) is 19.4 Å². The van der Waals surface area contributed by atoms with E-state index in [1.165, 1.54) is 19.2 Å². The van der Waals surface area contributed by atoms with Crippen LogP contribution in [0.2, 0.25) is 0 Å². The number of rotatable bonds is 6. The Morgan fingerprint density at radius 3 is 2.53 bits per heavy atom. The molecule has 1 aromatic rings. The van der Waals surface area contributed by atoms with Crippen molar-refractivity contribution in [1.29, 1.82) is 0 Å². The van der Waals surface area contributed by atoms with Gasteiger partial charge >= 0.3 is 5.97 Å². The zero-order valence-electron chi connectivity index (χ0n) is 11.1. The van der Waals surface area contributed by atoms with Crippen LogP contribution in [-0.4, -0.2) is 30.3 Å². The molecule has 0 aromatic heterocycles. The Balaban J connectivity index is 3.08. The van der Waals surface area contributed by atoms with Crippen LogP contribution < -0.4 is 15.2 Å². The standard InChI is InChI=1S/C13H18FNO4/c1-7(2)19-12-5-8(4-10(15)13(16)17)9(14)6-11(12)18-3/h5-7,10H,4,15H2,1-3H3,(H,16,17). The summed E-state index contributed by atoms with van der Waals surface area (Å²) >= 11 is 0. The van der Waals surface area contributed by atoms with E-state index in [1.54, 1.807) is 0 Å². The Kier molecular flexibility index (Phi) is 5.11. The predicted molar refractivity (Wildman–Crippen MR) is 68.0 cm³/mol. The number of aliphatic carboxylic acids is 1. The van der Waals surface area contributed by atoms with Crippen molar-refractivity contribution in [2.45, 2.75) is 32.4 Å². The van der Waals surface area contributed by atoms with E-state index in [1.807, 2.05) is 13.8 Å². The van der Waals surface area contributed by atoms with Crippen LogP contribution in [0.4, 0.5) is 4.39 Å². The molecule has 0 saturated heterocycles. The first-order valence-electron chi connectivity index (χ1n) is 5.86. The van der Waals surface area contributed by atoms with Crippen molar-refractivity contribution in [2.75, 3.05) is 7.11 Å². The fraction of sp³-hybridized carbons (Fsp3) is 0.462. The van der Waals surface area contributed by atoms with E-state index in [9.17, 15) is 9.18 Å². The molecule has 5 nitrogen and oxygen atoms in total. The summed E-state index contributed by atoms with van der Waals surface area (Å²) in [6.45, 7) is 3.65. The summed E-state index contributed by atoms with van der Waals surface area (Å²) in [7, 11) is 1.41. The number of nitrogens with two attached hydrogens (primary N) is 1. The highest BCUT2D eigenvalue weighted by molar-refractivity contribution is 5.73. The number of hydrogen-bond donors (Lipinski definition) is 2. The highest BCUT2D eigenvalue weighted by Gasteiger charge is 2.18. The van der Waals surface area contributed by atoms with Crippen LogP contribution >= 0.6 is 0 Å². The number of hydrogen-bond acceptors (Lipinski definition) is 4. The molecule has 0 fully saturated rings. The third-order valence-corrected chi connectivity index (χ3v) is 2.45. The molecule has 1 aromatic carbocycles. The zero-order chi connectivity index (χ0) is 14.6. The molecule has 1 atom stereocenters. The summed E-state index contributed by atoms with van der Waals surface area (Å²) in [6.07, 6.45) is -0.222. The summed E-state index contributed by atoms with van der Waals surface area (Å²) in [5.74, 6) is -1.11. The van der Waals surface area contributed by atoms with Gasteiger partial charge in [0, 0.05) is 12.5 Å². The van der Waals surface area contributed by atoms with Gasteiger partial charge in [-0.3, -0.25) is 4.79 Å². The predicted octanol–water partition coefficient (Wildman–Crippen LogP) is 1.58. The topological polar surface area (TPSA) is 81.8 Å². The van der Waals surface area contributed by atoms with Crippen molar-refractivity contribution in [3.8, 4) is 11.5 Å². The number of ether oxygens (including phenoxy) is 2. The van der Waals surface area contributed by atoms with Gasteiger partial charge in [0.2, 0.25) is 0 Å². The number of carboxylic acid groups (broad SMARTS) is 1. The lowest BCUT2D eigenvalue weighted by molar-refractivity contribution is -0.138. The minimum absolute atomic E-state index is 0.111. The van der Waals surface area contributed by atoms with Crippen molar-refractivity contribution in [3.63, 3.8) is 0 Å². The smallest absolute Gasteiger partial charge is 0.320 e. The Labute approximate surface area is 111 Å². The highest BCUT2D eigenvalue weighted by atomic mass is 19.1. The van der Waals surface area contributed by atoms with E-state index in [0.29, 0.717) is 5.75 Å².